The molecule has 1 aromatic heterocycles. The second kappa shape index (κ2) is 6.62. The molecule has 0 atom stereocenters. The molecule has 0 aliphatic carbocycles. The number of aryl methyl sites for hydroxylation is 1. The van der Waals surface area contributed by atoms with Gasteiger partial charge in [-0.25, -0.2) is 4.98 Å². The van der Waals surface area contributed by atoms with E-state index < -0.39 is 0 Å². The predicted molar refractivity (Wildman–Crippen MR) is 88.2 cm³/mol. The third kappa shape index (κ3) is 3.13. The number of rotatable bonds is 4. The number of hydrogen-bond acceptors (Lipinski definition) is 4. The molecule has 2 rings (SSSR count). The fourth-order valence-electron chi connectivity index (χ4n) is 1.90. The summed E-state index contributed by atoms with van der Waals surface area (Å²) in [6.45, 7) is 1.94. The highest BCUT2D eigenvalue weighted by molar-refractivity contribution is 9.10. The van der Waals surface area contributed by atoms with Gasteiger partial charge in [-0.15, -0.1) is 0 Å². The molecule has 0 aliphatic rings. The lowest BCUT2D eigenvalue weighted by Crippen LogP contribution is -2.13. The molecule has 112 valence electrons. The van der Waals surface area contributed by atoms with E-state index in [2.05, 4.69) is 41.8 Å². The lowest BCUT2D eigenvalue weighted by molar-refractivity contribution is 0.355. The van der Waals surface area contributed by atoms with Gasteiger partial charge >= 0.3 is 0 Å². The molecule has 0 saturated carbocycles. The average molecular weight is 418 g/mol. The number of H-pyrrole nitrogens is 1. The second-order valence-electron chi connectivity index (χ2n) is 4.22. The number of benzene rings is 1. The SMILES string of the molecule is CCc1nc(-c2cc(OC)c(OC)cc2Br)[nH]c(=O)c1Br. The molecule has 0 spiro atoms. The number of methoxy groups -OCH3 is 2. The van der Waals surface area contributed by atoms with Gasteiger partial charge in [0.15, 0.2) is 11.5 Å². The first-order valence-electron chi connectivity index (χ1n) is 6.22. The highest BCUT2D eigenvalue weighted by Gasteiger charge is 2.15. The maximum atomic E-state index is 12.0. The van der Waals surface area contributed by atoms with Crippen LogP contribution < -0.4 is 15.0 Å². The summed E-state index contributed by atoms with van der Waals surface area (Å²) in [6, 6.07) is 3.55. The van der Waals surface area contributed by atoms with E-state index in [4.69, 9.17) is 9.47 Å². The van der Waals surface area contributed by atoms with Crippen LogP contribution in [0.4, 0.5) is 0 Å². The fourth-order valence-corrected chi connectivity index (χ4v) is 2.88. The van der Waals surface area contributed by atoms with Crippen molar-refractivity contribution in [3.05, 3.63) is 37.1 Å². The minimum atomic E-state index is -0.210. The van der Waals surface area contributed by atoms with E-state index >= 15 is 0 Å². The van der Waals surface area contributed by atoms with Crippen LogP contribution in [0, 0.1) is 0 Å². The normalized spacial score (nSPS) is 10.5. The predicted octanol–water partition coefficient (Wildman–Crippen LogP) is 3.54. The van der Waals surface area contributed by atoms with Gasteiger partial charge in [-0.2, -0.15) is 0 Å². The van der Waals surface area contributed by atoms with Crippen molar-refractivity contribution in [1.82, 2.24) is 9.97 Å². The van der Waals surface area contributed by atoms with E-state index in [1.54, 1.807) is 26.4 Å². The van der Waals surface area contributed by atoms with Crippen molar-refractivity contribution in [2.24, 2.45) is 0 Å². The van der Waals surface area contributed by atoms with Crippen molar-refractivity contribution in [3.8, 4) is 22.9 Å². The molecule has 21 heavy (non-hydrogen) atoms. The Morgan fingerprint density at radius 1 is 1.19 bits per heavy atom. The van der Waals surface area contributed by atoms with Gasteiger partial charge in [0.1, 0.15) is 10.3 Å². The number of ether oxygens (including phenoxy) is 2. The van der Waals surface area contributed by atoms with E-state index in [9.17, 15) is 4.79 Å². The highest BCUT2D eigenvalue weighted by atomic mass is 79.9. The largest absolute Gasteiger partial charge is 0.493 e. The van der Waals surface area contributed by atoms with Crippen molar-refractivity contribution in [1.29, 1.82) is 0 Å². The average Bonchev–Trinajstić information content (AvgIpc) is 2.49. The van der Waals surface area contributed by atoms with Crippen molar-refractivity contribution in [3.63, 3.8) is 0 Å². The molecule has 2 aromatic rings. The van der Waals surface area contributed by atoms with Gasteiger partial charge in [-0.05, 0) is 50.4 Å². The van der Waals surface area contributed by atoms with Crippen LogP contribution >= 0.6 is 31.9 Å². The number of aromatic amines is 1. The lowest BCUT2D eigenvalue weighted by Gasteiger charge is -2.12. The van der Waals surface area contributed by atoms with Crippen LogP contribution in [-0.4, -0.2) is 24.2 Å². The maximum absolute atomic E-state index is 12.0. The number of nitrogens with one attached hydrogen (secondary N) is 1. The van der Waals surface area contributed by atoms with Gasteiger partial charge in [0.25, 0.3) is 5.56 Å². The molecular formula is C14H14Br2N2O3. The van der Waals surface area contributed by atoms with Gasteiger partial charge in [-0.1, -0.05) is 6.92 Å². The summed E-state index contributed by atoms with van der Waals surface area (Å²) in [5, 5.41) is 0. The molecule has 0 aliphatic heterocycles. The molecule has 7 heteroatoms. The first kappa shape index (κ1) is 16.0. The minimum absolute atomic E-state index is 0.210. The van der Waals surface area contributed by atoms with Crippen LogP contribution in [0.5, 0.6) is 11.5 Å². The first-order valence-corrected chi connectivity index (χ1v) is 7.81. The van der Waals surface area contributed by atoms with Gasteiger partial charge in [-0.3, -0.25) is 4.79 Å². The smallest absolute Gasteiger partial charge is 0.265 e. The number of aromatic nitrogens is 2. The van der Waals surface area contributed by atoms with Gasteiger partial charge < -0.3 is 14.5 Å². The van der Waals surface area contributed by atoms with Crippen LogP contribution in [-0.2, 0) is 6.42 Å². The minimum Gasteiger partial charge on any atom is -0.493 e. The Labute approximate surface area is 139 Å². The van der Waals surface area contributed by atoms with Crippen molar-refractivity contribution in [2.75, 3.05) is 14.2 Å². The number of hydrogen-bond donors (Lipinski definition) is 1. The summed E-state index contributed by atoms with van der Waals surface area (Å²) in [6.07, 6.45) is 0.655. The summed E-state index contributed by atoms with van der Waals surface area (Å²) in [5.74, 6) is 1.65. The van der Waals surface area contributed by atoms with Crippen LogP contribution in [0.25, 0.3) is 11.4 Å². The van der Waals surface area contributed by atoms with E-state index in [1.165, 1.54) is 0 Å². The Morgan fingerprint density at radius 3 is 2.38 bits per heavy atom. The second-order valence-corrected chi connectivity index (χ2v) is 5.86. The number of halogens is 2. The summed E-state index contributed by atoms with van der Waals surface area (Å²) in [5.41, 5.74) is 1.22. The Hall–Kier alpha value is -1.34. The standard InChI is InChI=1S/C14H14Br2N2O3/c1-4-9-12(16)14(19)18-13(17-9)7-5-10(20-2)11(21-3)6-8(7)15/h5-6H,4H2,1-3H3,(H,17,18,19). The van der Waals surface area contributed by atoms with E-state index in [1.807, 2.05) is 6.92 Å². The van der Waals surface area contributed by atoms with Crippen molar-refractivity contribution < 1.29 is 9.47 Å². The third-order valence-electron chi connectivity index (χ3n) is 2.99. The molecule has 1 heterocycles. The Bertz CT molecular complexity index is 729. The first-order chi connectivity index (χ1) is 10.0. The zero-order valence-corrected chi connectivity index (χ0v) is 15.0. The highest BCUT2D eigenvalue weighted by Crippen LogP contribution is 2.37. The summed E-state index contributed by atoms with van der Waals surface area (Å²) in [7, 11) is 3.13. The van der Waals surface area contributed by atoms with E-state index in [0.717, 1.165) is 10.0 Å². The maximum Gasteiger partial charge on any atom is 0.265 e. The molecule has 0 radical (unpaired) electrons. The molecule has 0 saturated heterocycles. The lowest BCUT2D eigenvalue weighted by atomic mass is 10.1. The molecule has 0 unspecified atom stereocenters. The topological polar surface area (TPSA) is 64.2 Å². The van der Waals surface area contributed by atoms with E-state index in [-0.39, 0.29) is 5.56 Å². The summed E-state index contributed by atoms with van der Waals surface area (Å²) in [4.78, 5) is 19.2. The van der Waals surface area contributed by atoms with Crippen LogP contribution in [0.2, 0.25) is 0 Å². The third-order valence-corrected chi connectivity index (χ3v) is 4.47. The molecule has 1 N–H and O–H groups in total. The number of nitrogens with zero attached hydrogens (tertiary/aromatic N) is 1. The monoisotopic (exact) mass is 416 g/mol. The fraction of sp³-hybridized carbons (Fsp3) is 0.286. The zero-order valence-electron chi connectivity index (χ0n) is 11.8. The molecule has 1 aromatic carbocycles. The Balaban J connectivity index is 2.67. The van der Waals surface area contributed by atoms with Crippen molar-refractivity contribution in [2.45, 2.75) is 13.3 Å². The van der Waals surface area contributed by atoms with Crippen LogP contribution in [0.15, 0.2) is 25.9 Å². The van der Waals surface area contributed by atoms with Crippen LogP contribution in [0.3, 0.4) is 0 Å². The summed E-state index contributed by atoms with van der Waals surface area (Å²) < 4.78 is 11.8. The molecule has 5 nitrogen and oxygen atoms in total. The van der Waals surface area contributed by atoms with Gasteiger partial charge in [0.2, 0.25) is 0 Å². The Kier molecular flexibility index (Phi) is 5.05. The Morgan fingerprint density at radius 2 is 1.81 bits per heavy atom. The quantitative estimate of drug-likeness (QED) is 0.826. The van der Waals surface area contributed by atoms with Gasteiger partial charge in [0.05, 0.1) is 19.9 Å². The zero-order chi connectivity index (χ0) is 15.6. The molecule has 0 fully saturated rings. The van der Waals surface area contributed by atoms with E-state index in [0.29, 0.717) is 33.9 Å². The van der Waals surface area contributed by atoms with Crippen molar-refractivity contribution >= 4 is 31.9 Å². The van der Waals surface area contributed by atoms with Gasteiger partial charge in [0, 0.05) is 10.0 Å². The molecular weight excluding hydrogens is 404 g/mol. The molecule has 0 bridgehead atoms. The van der Waals surface area contributed by atoms with Crippen LogP contribution in [0.1, 0.15) is 12.6 Å². The molecule has 0 amide bonds. The summed E-state index contributed by atoms with van der Waals surface area (Å²) >= 11 is 6.72.